The average Bonchev–Trinajstić information content (AvgIpc) is 3.16. The van der Waals surface area contributed by atoms with E-state index in [0.29, 0.717) is 18.0 Å². The Morgan fingerprint density at radius 2 is 1.75 bits per heavy atom. The first-order valence-electron chi connectivity index (χ1n) is 11.1. The quantitative estimate of drug-likeness (QED) is 0.330. The van der Waals surface area contributed by atoms with Gasteiger partial charge in [0.05, 0.1) is 5.52 Å². The fraction of sp³-hybridized carbons (Fsp3) is 0.259. The second-order valence-corrected chi connectivity index (χ2v) is 8.63. The third-order valence-electron chi connectivity index (χ3n) is 5.65. The van der Waals surface area contributed by atoms with Gasteiger partial charge in [-0.15, -0.1) is 0 Å². The molecule has 0 bridgehead atoms. The van der Waals surface area contributed by atoms with Gasteiger partial charge in [-0.2, -0.15) is 5.10 Å². The SMILES string of the molecule is C[C@@H](CCc1ccccc1)NC(=O)CCCn1nc(-c2ccccc2)c2cc(Cl)ccc21. The summed E-state index contributed by atoms with van der Waals surface area (Å²) < 4.78 is 1.99. The lowest BCUT2D eigenvalue weighted by Gasteiger charge is -2.14. The summed E-state index contributed by atoms with van der Waals surface area (Å²) in [5.41, 5.74) is 4.31. The van der Waals surface area contributed by atoms with Gasteiger partial charge in [-0.05, 0) is 49.9 Å². The van der Waals surface area contributed by atoms with Crippen LogP contribution < -0.4 is 5.32 Å². The van der Waals surface area contributed by atoms with Crippen LogP contribution in [0, 0.1) is 0 Å². The van der Waals surface area contributed by atoms with Crippen molar-refractivity contribution in [2.24, 2.45) is 0 Å². The molecule has 0 saturated carbocycles. The lowest BCUT2D eigenvalue weighted by molar-refractivity contribution is -0.121. The van der Waals surface area contributed by atoms with E-state index in [2.05, 4.69) is 48.6 Å². The second kappa shape index (κ2) is 10.5. The van der Waals surface area contributed by atoms with E-state index < -0.39 is 0 Å². The van der Waals surface area contributed by atoms with Gasteiger partial charge in [0, 0.05) is 35.0 Å². The van der Waals surface area contributed by atoms with Gasteiger partial charge in [0.2, 0.25) is 5.91 Å². The Bertz CT molecular complexity index is 1170. The van der Waals surface area contributed by atoms with Crippen LogP contribution in [0.2, 0.25) is 5.02 Å². The smallest absolute Gasteiger partial charge is 0.220 e. The molecule has 0 aliphatic heterocycles. The molecular formula is C27H28ClN3O. The fourth-order valence-corrected chi connectivity index (χ4v) is 4.14. The normalized spacial score (nSPS) is 12.1. The van der Waals surface area contributed by atoms with Crippen LogP contribution in [0.1, 0.15) is 31.7 Å². The number of halogens is 1. The summed E-state index contributed by atoms with van der Waals surface area (Å²) in [6, 6.07) is 26.5. The van der Waals surface area contributed by atoms with Gasteiger partial charge in [-0.1, -0.05) is 72.3 Å². The molecule has 4 rings (SSSR count). The Morgan fingerprint density at radius 1 is 1.03 bits per heavy atom. The van der Waals surface area contributed by atoms with Crippen molar-refractivity contribution < 1.29 is 4.79 Å². The molecule has 1 aromatic heterocycles. The van der Waals surface area contributed by atoms with Gasteiger partial charge < -0.3 is 5.32 Å². The maximum atomic E-state index is 12.4. The van der Waals surface area contributed by atoms with E-state index in [1.54, 1.807) is 0 Å². The molecule has 0 aliphatic carbocycles. The number of aryl methyl sites for hydroxylation is 2. The highest BCUT2D eigenvalue weighted by Crippen LogP contribution is 2.30. The molecule has 0 fully saturated rings. The fourth-order valence-electron chi connectivity index (χ4n) is 3.97. The molecule has 0 unspecified atom stereocenters. The lowest BCUT2D eigenvalue weighted by atomic mass is 10.1. The number of fused-ring (bicyclic) bond motifs is 1. The Morgan fingerprint density at radius 3 is 2.50 bits per heavy atom. The number of nitrogens with one attached hydrogen (secondary N) is 1. The molecule has 4 nitrogen and oxygen atoms in total. The van der Waals surface area contributed by atoms with Gasteiger partial charge in [0.1, 0.15) is 5.69 Å². The molecule has 4 aromatic rings. The molecule has 1 N–H and O–H groups in total. The number of hydrogen-bond donors (Lipinski definition) is 1. The van der Waals surface area contributed by atoms with E-state index in [9.17, 15) is 4.79 Å². The third kappa shape index (κ3) is 5.57. The van der Waals surface area contributed by atoms with Gasteiger partial charge in [0.25, 0.3) is 0 Å². The summed E-state index contributed by atoms with van der Waals surface area (Å²) in [6.07, 6.45) is 3.10. The highest BCUT2D eigenvalue weighted by atomic mass is 35.5. The lowest BCUT2D eigenvalue weighted by Crippen LogP contribution is -2.32. The molecular weight excluding hydrogens is 418 g/mol. The Balaban J connectivity index is 1.34. The van der Waals surface area contributed by atoms with Crippen LogP contribution in [0.25, 0.3) is 22.2 Å². The second-order valence-electron chi connectivity index (χ2n) is 8.20. The van der Waals surface area contributed by atoms with Crippen molar-refractivity contribution >= 4 is 28.4 Å². The predicted octanol–water partition coefficient (Wildman–Crippen LogP) is 6.27. The van der Waals surface area contributed by atoms with Crippen LogP contribution >= 0.6 is 11.6 Å². The van der Waals surface area contributed by atoms with Gasteiger partial charge >= 0.3 is 0 Å². The minimum Gasteiger partial charge on any atom is -0.354 e. The number of carbonyl (C=O) groups is 1. The van der Waals surface area contributed by atoms with Crippen molar-refractivity contribution in [2.75, 3.05) is 0 Å². The highest BCUT2D eigenvalue weighted by molar-refractivity contribution is 6.31. The first kappa shape index (κ1) is 22.1. The van der Waals surface area contributed by atoms with Gasteiger partial charge in [-0.25, -0.2) is 0 Å². The molecule has 1 heterocycles. The topological polar surface area (TPSA) is 46.9 Å². The minimum atomic E-state index is 0.0911. The van der Waals surface area contributed by atoms with Crippen molar-refractivity contribution in [2.45, 2.75) is 45.2 Å². The zero-order chi connectivity index (χ0) is 22.3. The van der Waals surface area contributed by atoms with E-state index in [0.717, 1.165) is 41.4 Å². The largest absolute Gasteiger partial charge is 0.354 e. The predicted molar refractivity (Wildman–Crippen MR) is 132 cm³/mol. The molecule has 32 heavy (non-hydrogen) atoms. The first-order chi connectivity index (χ1) is 15.6. The summed E-state index contributed by atoms with van der Waals surface area (Å²) >= 11 is 6.26. The standard InChI is InChI=1S/C27H28ClN3O/c1-20(14-15-21-9-4-2-5-10-21)29-26(32)13-8-18-31-25-17-16-23(28)19-24(25)27(30-31)22-11-6-3-7-12-22/h2-7,9-12,16-17,19-20H,8,13-15,18H2,1H3,(H,29,32)/t20-/m0/s1. The van der Waals surface area contributed by atoms with Crippen molar-refractivity contribution in [1.29, 1.82) is 0 Å². The first-order valence-corrected chi connectivity index (χ1v) is 11.5. The van der Waals surface area contributed by atoms with E-state index in [-0.39, 0.29) is 11.9 Å². The Hall–Kier alpha value is -3.11. The highest BCUT2D eigenvalue weighted by Gasteiger charge is 2.14. The van der Waals surface area contributed by atoms with Crippen LogP contribution in [0.5, 0.6) is 0 Å². The van der Waals surface area contributed by atoms with Crippen LogP contribution in [0.3, 0.4) is 0 Å². The van der Waals surface area contributed by atoms with Crippen molar-refractivity contribution in [3.8, 4) is 11.3 Å². The van der Waals surface area contributed by atoms with Crippen molar-refractivity contribution in [1.82, 2.24) is 15.1 Å². The van der Waals surface area contributed by atoms with Crippen LogP contribution in [0.15, 0.2) is 78.9 Å². The summed E-state index contributed by atoms with van der Waals surface area (Å²) in [6.45, 7) is 2.74. The van der Waals surface area contributed by atoms with E-state index in [1.165, 1.54) is 5.56 Å². The summed E-state index contributed by atoms with van der Waals surface area (Å²) in [5, 5.41) is 9.70. The molecule has 3 aromatic carbocycles. The summed E-state index contributed by atoms with van der Waals surface area (Å²) in [4.78, 5) is 12.4. The number of hydrogen-bond acceptors (Lipinski definition) is 2. The van der Waals surface area contributed by atoms with Crippen LogP contribution in [-0.2, 0) is 17.8 Å². The average molecular weight is 446 g/mol. The molecule has 164 valence electrons. The van der Waals surface area contributed by atoms with E-state index >= 15 is 0 Å². The Kier molecular flexibility index (Phi) is 7.23. The molecule has 0 saturated heterocycles. The number of amides is 1. The molecule has 1 amide bonds. The number of benzene rings is 3. The molecule has 1 atom stereocenters. The Labute approximate surface area is 194 Å². The van der Waals surface area contributed by atoms with E-state index in [1.807, 2.05) is 47.1 Å². The maximum Gasteiger partial charge on any atom is 0.220 e. The molecule has 5 heteroatoms. The van der Waals surface area contributed by atoms with Crippen molar-refractivity contribution in [3.05, 3.63) is 89.4 Å². The summed E-state index contributed by atoms with van der Waals surface area (Å²) in [7, 11) is 0. The number of rotatable bonds is 9. The van der Waals surface area contributed by atoms with Crippen LogP contribution in [-0.4, -0.2) is 21.7 Å². The molecule has 0 aliphatic rings. The molecule has 0 spiro atoms. The third-order valence-corrected chi connectivity index (χ3v) is 5.88. The monoisotopic (exact) mass is 445 g/mol. The zero-order valence-electron chi connectivity index (χ0n) is 18.3. The summed E-state index contributed by atoms with van der Waals surface area (Å²) in [5.74, 6) is 0.0911. The van der Waals surface area contributed by atoms with E-state index in [4.69, 9.17) is 16.7 Å². The minimum absolute atomic E-state index is 0.0911. The maximum absolute atomic E-state index is 12.4. The zero-order valence-corrected chi connectivity index (χ0v) is 19.1. The number of carbonyl (C=O) groups excluding carboxylic acids is 1. The number of nitrogens with zero attached hydrogens (tertiary/aromatic N) is 2. The van der Waals surface area contributed by atoms with Gasteiger partial charge in [0.15, 0.2) is 0 Å². The number of aromatic nitrogens is 2. The van der Waals surface area contributed by atoms with Crippen molar-refractivity contribution in [3.63, 3.8) is 0 Å². The van der Waals surface area contributed by atoms with Crippen LogP contribution in [0.4, 0.5) is 0 Å². The van der Waals surface area contributed by atoms with Gasteiger partial charge in [-0.3, -0.25) is 9.48 Å². The molecule has 0 radical (unpaired) electrons.